The van der Waals surface area contributed by atoms with Crippen molar-refractivity contribution < 1.29 is 4.79 Å². The molecule has 0 aliphatic rings. The molecule has 1 aromatic heterocycles. The van der Waals surface area contributed by atoms with Crippen molar-refractivity contribution in [1.82, 2.24) is 14.8 Å². The van der Waals surface area contributed by atoms with E-state index in [1.165, 1.54) is 6.42 Å². The fraction of sp³-hybridized carbons (Fsp3) is 0.769. The molecule has 96 valence electrons. The third kappa shape index (κ3) is 4.67. The summed E-state index contributed by atoms with van der Waals surface area (Å²) < 4.78 is 1.98. The first-order valence-electron chi connectivity index (χ1n) is 6.63. The average molecular weight is 237 g/mol. The van der Waals surface area contributed by atoms with E-state index in [4.69, 9.17) is 0 Å². The van der Waals surface area contributed by atoms with Crippen LogP contribution in [0.5, 0.6) is 0 Å². The topological polar surface area (TPSA) is 47.8 Å². The van der Waals surface area contributed by atoms with Crippen molar-refractivity contribution in [3.8, 4) is 0 Å². The maximum Gasteiger partial charge on any atom is 0.138 e. The normalized spacial score (nSPS) is 12.6. The van der Waals surface area contributed by atoms with Crippen LogP contribution in [0.25, 0.3) is 0 Å². The van der Waals surface area contributed by atoms with Gasteiger partial charge >= 0.3 is 0 Å². The quantitative estimate of drug-likeness (QED) is 0.620. The Balaban J connectivity index is 2.35. The number of carbonyl (C=O) groups excluding carboxylic acids is 1. The van der Waals surface area contributed by atoms with Gasteiger partial charge in [0.1, 0.15) is 18.4 Å². The minimum absolute atomic E-state index is 0.206. The summed E-state index contributed by atoms with van der Waals surface area (Å²) in [6.07, 6.45) is 8.92. The van der Waals surface area contributed by atoms with Gasteiger partial charge in [-0.1, -0.05) is 20.3 Å². The van der Waals surface area contributed by atoms with Gasteiger partial charge in [0.05, 0.1) is 0 Å². The van der Waals surface area contributed by atoms with Gasteiger partial charge in [0.15, 0.2) is 0 Å². The molecular formula is C13H23N3O. The first-order valence-corrected chi connectivity index (χ1v) is 6.63. The number of rotatable bonds is 9. The molecule has 1 heterocycles. The summed E-state index contributed by atoms with van der Waals surface area (Å²) in [4.78, 5) is 15.0. The maximum atomic E-state index is 10.7. The molecule has 0 spiro atoms. The van der Waals surface area contributed by atoms with Crippen LogP contribution in [0.2, 0.25) is 0 Å². The van der Waals surface area contributed by atoms with Crippen LogP contribution in [0.15, 0.2) is 6.33 Å². The van der Waals surface area contributed by atoms with E-state index >= 15 is 0 Å². The van der Waals surface area contributed by atoms with E-state index in [0.717, 1.165) is 50.8 Å². The summed E-state index contributed by atoms with van der Waals surface area (Å²) in [5.41, 5.74) is 0. The summed E-state index contributed by atoms with van der Waals surface area (Å²) in [6.45, 7) is 5.11. The smallest absolute Gasteiger partial charge is 0.138 e. The minimum Gasteiger partial charge on any atom is -0.303 e. The summed E-state index contributed by atoms with van der Waals surface area (Å²) >= 11 is 0. The number of nitrogens with zero attached hydrogens (tertiary/aromatic N) is 3. The van der Waals surface area contributed by atoms with Gasteiger partial charge in [0.2, 0.25) is 0 Å². The molecule has 0 bridgehead atoms. The predicted octanol–water partition coefficient (Wildman–Crippen LogP) is 2.63. The Bertz CT molecular complexity index is 322. The molecule has 0 aliphatic carbocycles. The monoisotopic (exact) mass is 237 g/mol. The van der Waals surface area contributed by atoms with Crippen LogP contribution in [-0.2, 0) is 17.8 Å². The van der Waals surface area contributed by atoms with Crippen molar-refractivity contribution in [2.45, 2.75) is 58.9 Å². The van der Waals surface area contributed by atoms with Gasteiger partial charge in [-0.15, -0.1) is 0 Å². The van der Waals surface area contributed by atoms with Gasteiger partial charge in [0.25, 0.3) is 0 Å². The van der Waals surface area contributed by atoms with Crippen molar-refractivity contribution in [2.75, 3.05) is 0 Å². The van der Waals surface area contributed by atoms with Gasteiger partial charge < -0.3 is 4.79 Å². The van der Waals surface area contributed by atoms with Crippen LogP contribution in [0.3, 0.4) is 0 Å². The van der Waals surface area contributed by atoms with Gasteiger partial charge in [0, 0.05) is 18.9 Å². The molecule has 4 heteroatoms. The molecule has 1 rings (SSSR count). The second-order valence-corrected chi connectivity index (χ2v) is 4.45. The van der Waals surface area contributed by atoms with Crippen LogP contribution in [0.1, 0.15) is 51.8 Å². The molecule has 4 nitrogen and oxygen atoms in total. The van der Waals surface area contributed by atoms with Gasteiger partial charge in [-0.3, -0.25) is 4.68 Å². The van der Waals surface area contributed by atoms with Gasteiger partial charge in [-0.05, 0) is 25.7 Å². The second kappa shape index (κ2) is 7.98. The summed E-state index contributed by atoms with van der Waals surface area (Å²) in [5.74, 6) is 1.28. The predicted molar refractivity (Wildman–Crippen MR) is 67.7 cm³/mol. The van der Waals surface area contributed by atoms with E-state index in [1.54, 1.807) is 6.33 Å². The second-order valence-electron chi connectivity index (χ2n) is 4.45. The van der Waals surface area contributed by atoms with E-state index < -0.39 is 0 Å². The highest BCUT2D eigenvalue weighted by molar-refractivity contribution is 5.53. The van der Waals surface area contributed by atoms with E-state index in [2.05, 4.69) is 23.9 Å². The first-order chi connectivity index (χ1) is 8.31. The lowest BCUT2D eigenvalue weighted by atomic mass is 10.0. The fourth-order valence-corrected chi connectivity index (χ4v) is 1.88. The number of aryl methyl sites for hydroxylation is 2. The molecular weight excluding hydrogens is 214 g/mol. The molecule has 0 saturated heterocycles. The highest BCUT2D eigenvalue weighted by atomic mass is 16.1. The lowest BCUT2D eigenvalue weighted by Crippen LogP contribution is -2.08. The van der Waals surface area contributed by atoms with Crippen molar-refractivity contribution in [2.24, 2.45) is 5.92 Å². The van der Waals surface area contributed by atoms with Crippen LogP contribution in [-0.4, -0.2) is 21.1 Å². The molecule has 0 fully saturated rings. The van der Waals surface area contributed by atoms with E-state index in [9.17, 15) is 4.79 Å². The Labute approximate surface area is 103 Å². The van der Waals surface area contributed by atoms with Crippen molar-refractivity contribution in [1.29, 1.82) is 0 Å². The Hall–Kier alpha value is -1.19. The molecule has 0 aliphatic heterocycles. The van der Waals surface area contributed by atoms with Crippen LogP contribution < -0.4 is 0 Å². The van der Waals surface area contributed by atoms with E-state index in [-0.39, 0.29) is 5.92 Å². The van der Waals surface area contributed by atoms with Crippen LogP contribution in [0.4, 0.5) is 0 Å². The third-order valence-electron chi connectivity index (χ3n) is 3.11. The molecule has 0 N–H and O–H groups in total. The first kappa shape index (κ1) is 13.9. The molecule has 1 aromatic rings. The lowest BCUT2D eigenvalue weighted by Gasteiger charge is -2.08. The standard InChI is InChI=1S/C13H23N3O/c1-3-5-8-13-14-11-15-16(13)9-6-7-12(4-2)10-17/h10-12H,3-9H2,1-2H3. The Kier molecular flexibility index (Phi) is 6.51. The number of aromatic nitrogens is 3. The van der Waals surface area contributed by atoms with E-state index in [1.807, 2.05) is 4.68 Å². The molecule has 0 amide bonds. The molecule has 1 atom stereocenters. The number of aldehydes is 1. The maximum absolute atomic E-state index is 10.7. The van der Waals surface area contributed by atoms with Crippen LogP contribution >= 0.6 is 0 Å². The zero-order valence-electron chi connectivity index (χ0n) is 10.9. The van der Waals surface area contributed by atoms with Crippen LogP contribution in [0, 0.1) is 5.92 Å². The number of carbonyl (C=O) groups is 1. The summed E-state index contributed by atoms with van der Waals surface area (Å²) in [6, 6.07) is 0. The minimum atomic E-state index is 0.206. The number of unbranched alkanes of at least 4 members (excludes halogenated alkanes) is 1. The van der Waals surface area contributed by atoms with Crippen molar-refractivity contribution >= 4 is 6.29 Å². The Morgan fingerprint density at radius 1 is 1.41 bits per heavy atom. The van der Waals surface area contributed by atoms with Gasteiger partial charge in [-0.2, -0.15) is 5.10 Å². The Morgan fingerprint density at radius 3 is 2.88 bits per heavy atom. The number of hydrogen-bond donors (Lipinski definition) is 0. The Morgan fingerprint density at radius 2 is 2.24 bits per heavy atom. The molecule has 0 saturated carbocycles. The van der Waals surface area contributed by atoms with E-state index in [0.29, 0.717) is 0 Å². The summed E-state index contributed by atoms with van der Waals surface area (Å²) in [7, 11) is 0. The average Bonchev–Trinajstić information content (AvgIpc) is 2.79. The van der Waals surface area contributed by atoms with Crippen molar-refractivity contribution in [3.63, 3.8) is 0 Å². The zero-order valence-corrected chi connectivity index (χ0v) is 10.9. The lowest BCUT2D eigenvalue weighted by molar-refractivity contribution is -0.111. The molecule has 0 radical (unpaired) electrons. The van der Waals surface area contributed by atoms with Crippen molar-refractivity contribution in [3.05, 3.63) is 12.2 Å². The molecule has 1 unspecified atom stereocenters. The SMILES string of the molecule is CCCCc1ncnn1CCCC(C=O)CC. The van der Waals surface area contributed by atoms with Gasteiger partial charge in [-0.25, -0.2) is 4.98 Å². The highest BCUT2D eigenvalue weighted by Gasteiger charge is 2.06. The number of hydrogen-bond acceptors (Lipinski definition) is 3. The summed E-state index contributed by atoms with van der Waals surface area (Å²) in [5, 5.41) is 4.23. The largest absolute Gasteiger partial charge is 0.303 e. The fourth-order valence-electron chi connectivity index (χ4n) is 1.88. The highest BCUT2D eigenvalue weighted by Crippen LogP contribution is 2.10. The molecule has 17 heavy (non-hydrogen) atoms. The zero-order chi connectivity index (χ0) is 12.5. The third-order valence-corrected chi connectivity index (χ3v) is 3.11. The molecule has 0 aromatic carbocycles.